The smallest absolute Gasteiger partial charge is 0.287 e. The number of anilines is 1. The summed E-state index contributed by atoms with van der Waals surface area (Å²) in [5, 5.41) is 0. The van der Waals surface area contributed by atoms with Gasteiger partial charge < -0.3 is 9.47 Å². The first-order valence-corrected chi connectivity index (χ1v) is 12.2. The predicted molar refractivity (Wildman–Crippen MR) is 113 cm³/mol. The highest BCUT2D eigenvalue weighted by atomic mass is 79.9. The molecule has 1 aromatic carbocycles. The number of hydrogen-bond acceptors (Lipinski definition) is 7. The Morgan fingerprint density at radius 1 is 1.07 bits per heavy atom. The molecule has 0 aliphatic rings. The van der Waals surface area contributed by atoms with Crippen LogP contribution in [0.4, 0.5) is 14.6 Å². The number of aromatic nitrogens is 2. The summed E-state index contributed by atoms with van der Waals surface area (Å²) in [6.45, 7) is 1.62. The molecule has 12 heteroatoms. The number of ether oxygens (including phenoxy) is 2. The normalized spacial score (nSPS) is 11.2. The summed E-state index contributed by atoms with van der Waals surface area (Å²) < 4.78 is 65.7. The van der Waals surface area contributed by atoms with Gasteiger partial charge in [-0.05, 0) is 42.2 Å². The van der Waals surface area contributed by atoms with E-state index in [-0.39, 0.29) is 23.0 Å². The van der Waals surface area contributed by atoms with Gasteiger partial charge in [0.1, 0.15) is 0 Å². The molecular weight excluding hydrogens is 504 g/mol. The summed E-state index contributed by atoms with van der Waals surface area (Å²) >= 11 is 3.17. The van der Waals surface area contributed by atoms with Gasteiger partial charge in [0, 0.05) is 22.3 Å². The van der Waals surface area contributed by atoms with Crippen molar-refractivity contribution in [3.63, 3.8) is 0 Å². The van der Waals surface area contributed by atoms with E-state index in [2.05, 4.69) is 25.9 Å². The van der Waals surface area contributed by atoms with Crippen molar-refractivity contribution in [1.82, 2.24) is 9.97 Å². The largest absolute Gasteiger partial charge is 0.452 e. The molecule has 0 aliphatic heterocycles. The molecule has 0 spiro atoms. The molecule has 0 radical (unpaired) electrons. The second kappa shape index (κ2) is 9.14. The summed E-state index contributed by atoms with van der Waals surface area (Å²) in [6.07, 6.45) is 5.21. The van der Waals surface area contributed by atoms with Gasteiger partial charge in [0.05, 0.1) is 12.4 Å². The lowest BCUT2D eigenvalue weighted by atomic mass is 10.2. The zero-order valence-corrected chi connectivity index (χ0v) is 18.7. The van der Waals surface area contributed by atoms with Gasteiger partial charge in [-0.2, -0.15) is 12.8 Å². The van der Waals surface area contributed by atoms with Crippen LogP contribution in [0.25, 0.3) is 0 Å². The van der Waals surface area contributed by atoms with Gasteiger partial charge in [0.15, 0.2) is 34.6 Å². The first kappa shape index (κ1) is 22.2. The van der Waals surface area contributed by atoms with Crippen molar-refractivity contribution in [1.29, 1.82) is 0 Å². The molecule has 0 unspecified atom stereocenters. The molecule has 0 bridgehead atoms. The van der Waals surface area contributed by atoms with Crippen molar-refractivity contribution in [3.05, 3.63) is 64.5 Å². The number of pyridine rings is 2. The van der Waals surface area contributed by atoms with Crippen LogP contribution in [-0.2, 0) is 9.06 Å². The van der Waals surface area contributed by atoms with Crippen molar-refractivity contribution in [3.8, 4) is 23.0 Å². The van der Waals surface area contributed by atoms with Crippen molar-refractivity contribution < 1.29 is 26.7 Å². The number of nitrogens with zero attached hydrogens (tertiary/aromatic N) is 2. The van der Waals surface area contributed by atoms with Crippen molar-refractivity contribution >= 4 is 41.6 Å². The third-order valence-corrected chi connectivity index (χ3v) is 6.69. The summed E-state index contributed by atoms with van der Waals surface area (Å²) in [5.74, 6) is -2.05. The average Bonchev–Trinajstić information content (AvgIpc) is 2.69. The minimum atomic E-state index is -3.80. The fourth-order valence-electron chi connectivity index (χ4n) is 2.22. The molecule has 30 heavy (non-hydrogen) atoms. The molecule has 0 atom stereocenters. The maximum absolute atomic E-state index is 14.7. The second-order valence-corrected chi connectivity index (χ2v) is 10.4. The van der Waals surface area contributed by atoms with E-state index in [9.17, 15) is 17.2 Å². The molecule has 2 aromatic heterocycles. The summed E-state index contributed by atoms with van der Waals surface area (Å²) in [5.41, 5.74) is 0.426. The predicted octanol–water partition coefficient (Wildman–Crippen LogP) is 5.43. The Balaban J connectivity index is 1.89. The summed E-state index contributed by atoms with van der Waals surface area (Å²) in [6, 6.07) is 5.54. The maximum atomic E-state index is 14.7. The van der Waals surface area contributed by atoms with E-state index in [1.807, 2.05) is 4.72 Å². The monoisotopic (exact) mass is 517 g/mol. The molecule has 0 aliphatic carbocycles. The van der Waals surface area contributed by atoms with E-state index in [0.29, 0.717) is 20.8 Å². The van der Waals surface area contributed by atoms with Crippen LogP contribution in [0, 0.1) is 18.6 Å². The van der Waals surface area contributed by atoms with Gasteiger partial charge >= 0.3 is 0 Å². The van der Waals surface area contributed by atoms with Crippen LogP contribution in [0.2, 0.25) is 0 Å². The zero-order valence-electron chi connectivity index (χ0n) is 15.5. The minimum Gasteiger partial charge on any atom is -0.452 e. The van der Waals surface area contributed by atoms with Crippen molar-refractivity contribution in [2.45, 2.75) is 6.92 Å². The Hall–Kier alpha value is -2.44. The number of rotatable bonds is 7. The highest BCUT2D eigenvalue weighted by molar-refractivity contribution is 9.10. The number of halogens is 3. The Morgan fingerprint density at radius 3 is 2.37 bits per heavy atom. The van der Waals surface area contributed by atoms with E-state index in [1.54, 1.807) is 13.0 Å². The molecule has 0 saturated carbocycles. The fraction of sp³-hybridized carbons (Fsp3) is 0.111. The van der Waals surface area contributed by atoms with E-state index in [1.165, 1.54) is 43.0 Å². The summed E-state index contributed by atoms with van der Waals surface area (Å²) in [4.78, 5) is 7.66. The van der Waals surface area contributed by atoms with Gasteiger partial charge in [0.25, 0.3) is 9.06 Å². The van der Waals surface area contributed by atoms with Crippen LogP contribution in [0.3, 0.4) is 0 Å². The van der Waals surface area contributed by atoms with Crippen LogP contribution in [0.15, 0.2) is 47.3 Å². The Labute approximate surface area is 183 Å². The van der Waals surface area contributed by atoms with Crippen LogP contribution in [-0.4, -0.2) is 24.6 Å². The van der Waals surface area contributed by atoms with E-state index in [4.69, 9.17) is 9.47 Å². The molecule has 0 fully saturated rings. The topological polar surface area (TPSA) is 90.4 Å². The third kappa shape index (κ3) is 5.18. The lowest BCUT2D eigenvalue weighted by Gasteiger charge is -2.14. The van der Waals surface area contributed by atoms with Crippen LogP contribution < -0.4 is 14.2 Å². The van der Waals surface area contributed by atoms with E-state index in [0.717, 1.165) is 0 Å². The van der Waals surface area contributed by atoms with Gasteiger partial charge in [-0.1, -0.05) is 15.9 Å². The first-order valence-electron chi connectivity index (χ1n) is 8.18. The zero-order chi connectivity index (χ0) is 21.9. The molecule has 3 rings (SSSR count). The Morgan fingerprint density at radius 2 is 1.73 bits per heavy atom. The number of hydrogen-bond donors (Lipinski definition) is 1. The molecule has 7 nitrogen and oxygen atoms in total. The molecule has 3 aromatic rings. The first-order chi connectivity index (χ1) is 14.2. The Kier molecular flexibility index (Phi) is 6.78. The molecule has 2 heterocycles. The molecular formula is C18H14BrF2N3O4S2. The highest BCUT2D eigenvalue weighted by Crippen LogP contribution is 2.35. The molecule has 158 valence electrons. The molecule has 0 saturated heterocycles. The van der Waals surface area contributed by atoms with Crippen LogP contribution >= 0.6 is 26.7 Å². The average molecular weight is 518 g/mol. The molecule has 1 N–H and O–H groups in total. The van der Waals surface area contributed by atoms with Crippen LogP contribution in [0.1, 0.15) is 5.56 Å². The molecule has 0 amide bonds. The van der Waals surface area contributed by atoms with Gasteiger partial charge in [0.2, 0.25) is 5.82 Å². The van der Waals surface area contributed by atoms with E-state index >= 15 is 0 Å². The van der Waals surface area contributed by atoms with Crippen molar-refractivity contribution in [2.24, 2.45) is 0 Å². The fourth-order valence-corrected chi connectivity index (χ4v) is 3.51. The maximum Gasteiger partial charge on any atom is 0.287 e. The summed E-state index contributed by atoms with van der Waals surface area (Å²) in [7, 11) is -3.30. The Bertz CT molecular complexity index is 1200. The number of nitrogens with one attached hydrogen (secondary N) is 1. The van der Waals surface area contributed by atoms with E-state index < -0.39 is 26.5 Å². The van der Waals surface area contributed by atoms with Gasteiger partial charge in [-0.25, -0.2) is 9.37 Å². The second-order valence-electron chi connectivity index (χ2n) is 5.73. The third-order valence-electron chi connectivity index (χ3n) is 3.75. The lowest BCUT2D eigenvalue weighted by molar-refractivity contribution is 0.416. The lowest BCUT2D eigenvalue weighted by Crippen LogP contribution is -2.10. The van der Waals surface area contributed by atoms with Crippen molar-refractivity contribution in [2.75, 3.05) is 11.0 Å². The SMILES string of the molecule is CSS(=O)(=O)Nc1nccc(Oc2cncc(Oc3ccc(Br)cc3F)c2C)c1F. The highest BCUT2D eigenvalue weighted by Gasteiger charge is 2.18. The quantitative estimate of drug-likeness (QED) is 0.417. The minimum absolute atomic E-state index is 0.0240. The standard InChI is InChI=1S/C18H14BrF2N3O4S2/c1-10-15(27-13-4-3-11(19)7-12(13)20)8-22-9-16(10)28-14-5-6-23-18(17(14)21)24-30(25,26)29-2/h3-9H,1-2H3,(H,23,24). The van der Waals surface area contributed by atoms with Gasteiger partial charge in [-0.3, -0.25) is 9.71 Å². The number of benzene rings is 1. The van der Waals surface area contributed by atoms with Gasteiger partial charge in [-0.15, -0.1) is 0 Å². The van der Waals surface area contributed by atoms with Crippen LogP contribution in [0.5, 0.6) is 23.0 Å².